The number of para-hydroxylation sites is 1. The van der Waals surface area contributed by atoms with Crippen molar-refractivity contribution < 1.29 is 14.3 Å². The Morgan fingerprint density at radius 1 is 0.903 bits per heavy atom. The van der Waals surface area contributed by atoms with E-state index in [0.29, 0.717) is 17.4 Å². The standard InChI is InChI=1S/C23H25N5O3/c1-30-20-7-9-21(10-8-20)31-17-22(29)26-18-15-24-23(25-16-18)28-13-11-27(12-14-28)19-5-3-2-4-6-19/h2-10,15-16H,11-14,17H2,1H3,(H,26,29). The Bertz CT molecular complexity index is 972. The molecule has 8 nitrogen and oxygen atoms in total. The Kier molecular flexibility index (Phi) is 6.47. The van der Waals surface area contributed by atoms with Gasteiger partial charge in [0.15, 0.2) is 6.61 Å². The number of amides is 1. The molecule has 8 heteroatoms. The third-order valence-electron chi connectivity index (χ3n) is 5.04. The van der Waals surface area contributed by atoms with E-state index in [1.165, 1.54) is 5.69 Å². The fraction of sp³-hybridized carbons (Fsp3) is 0.261. The quantitative estimate of drug-likeness (QED) is 0.631. The molecule has 0 bridgehead atoms. The Morgan fingerprint density at radius 3 is 2.16 bits per heavy atom. The van der Waals surface area contributed by atoms with Crippen molar-refractivity contribution in [3.63, 3.8) is 0 Å². The number of benzene rings is 2. The zero-order valence-corrected chi connectivity index (χ0v) is 17.4. The average Bonchev–Trinajstić information content (AvgIpc) is 2.84. The van der Waals surface area contributed by atoms with Crippen molar-refractivity contribution >= 4 is 23.2 Å². The van der Waals surface area contributed by atoms with Gasteiger partial charge >= 0.3 is 0 Å². The first kappa shape index (κ1) is 20.5. The zero-order valence-electron chi connectivity index (χ0n) is 17.4. The Balaban J connectivity index is 1.25. The first-order chi connectivity index (χ1) is 15.2. The van der Waals surface area contributed by atoms with Crippen molar-refractivity contribution in [3.05, 3.63) is 67.0 Å². The summed E-state index contributed by atoms with van der Waals surface area (Å²) in [6, 6.07) is 17.4. The van der Waals surface area contributed by atoms with Gasteiger partial charge in [-0.25, -0.2) is 9.97 Å². The molecule has 1 saturated heterocycles. The van der Waals surface area contributed by atoms with E-state index in [-0.39, 0.29) is 12.5 Å². The van der Waals surface area contributed by atoms with Crippen molar-refractivity contribution in [3.8, 4) is 11.5 Å². The van der Waals surface area contributed by atoms with Crippen LogP contribution < -0.4 is 24.6 Å². The second-order valence-corrected chi connectivity index (χ2v) is 7.09. The third-order valence-corrected chi connectivity index (χ3v) is 5.04. The molecule has 0 radical (unpaired) electrons. The van der Waals surface area contributed by atoms with E-state index < -0.39 is 0 Å². The molecule has 1 amide bonds. The second kappa shape index (κ2) is 9.80. The molecule has 31 heavy (non-hydrogen) atoms. The highest BCUT2D eigenvalue weighted by atomic mass is 16.5. The van der Waals surface area contributed by atoms with Crippen molar-refractivity contribution in [1.82, 2.24) is 9.97 Å². The van der Waals surface area contributed by atoms with E-state index >= 15 is 0 Å². The summed E-state index contributed by atoms with van der Waals surface area (Å²) in [5, 5.41) is 2.75. The van der Waals surface area contributed by atoms with E-state index in [1.54, 1.807) is 43.8 Å². The highest BCUT2D eigenvalue weighted by molar-refractivity contribution is 5.91. The fourth-order valence-electron chi connectivity index (χ4n) is 3.37. The molecule has 1 aliphatic rings. The maximum Gasteiger partial charge on any atom is 0.262 e. The molecule has 2 aromatic carbocycles. The summed E-state index contributed by atoms with van der Waals surface area (Å²) in [6.07, 6.45) is 3.24. The van der Waals surface area contributed by atoms with Gasteiger partial charge in [0.2, 0.25) is 5.95 Å². The Hall–Kier alpha value is -3.81. The molecule has 0 unspecified atom stereocenters. The third kappa shape index (κ3) is 5.42. The number of rotatable bonds is 7. The van der Waals surface area contributed by atoms with Crippen LogP contribution in [0.25, 0.3) is 0 Å². The van der Waals surface area contributed by atoms with E-state index in [9.17, 15) is 4.79 Å². The summed E-state index contributed by atoms with van der Waals surface area (Å²) in [5.74, 6) is 1.72. The molecule has 1 fully saturated rings. The first-order valence-corrected chi connectivity index (χ1v) is 10.1. The lowest BCUT2D eigenvalue weighted by Crippen LogP contribution is -2.47. The van der Waals surface area contributed by atoms with Crippen LogP contribution in [0.4, 0.5) is 17.3 Å². The summed E-state index contributed by atoms with van der Waals surface area (Å²) in [7, 11) is 1.60. The van der Waals surface area contributed by atoms with Gasteiger partial charge in [-0.05, 0) is 36.4 Å². The van der Waals surface area contributed by atoms with Gasteiger partial charge in [0.05, 0.1) is 25.2 Å². The van der Waals surface area contributed by atoms with Gasteiger partial charge in [-0.15, -0.1) is 0 Å². The van der Waals surface area contributed by atoms with E-state index in [1.807, 2.05) is 6.07 Å². The molecule has 1 aliphatic heterocycles. The molecule has 3 aromatic rings. The van der Waals surface area contributed by atoms with Gasteiger partial charge in [0, 0.05) is 31.9 Å². The lowest BCUT2D eigenvalue weighted by atomic mass is 10.2. The van der Waals surface area contributed by atoms with Gasteiger partial charge in [0.25, 0.3) is 5.91 Å². The van der Waals surface area contributed by atoms with Crippen molar-refractivity contribution in [2.75, 3.05) is 55.0 Å². The monoisotopic (exact) mass is 419 g/mol. The normalized spacial score (nSPS) is 13.6. The number of nitrogens with zero attached hydrogens (tertiary/aromatic N) is 4. The van der Waals surface area contributed by atoms with Gasteiger partial charge < -0.3 is 24.6 Å². The minimum absolute atomic E-state index is 0.102. The maximum atomic E-state index is 12.1. The number of ether oxygens (including phenoxy) is 2. The topological polar surface area (TPSA) is 79.8 Å². The van der Waals surface area contributed by atoms with Crippen molar-refractivity contribution in [1.29, 1.82) is 0 Å². The molecular formula is C23H25N5O3. The molecule has 0 atom stereocenters. The lowest BCUT2D eigenvalue weighted by Gasteiger charge is -2.36. The van der Waals surface area contributed by atoms with Crippen LogP contribution in [0, 0.1) is 0 Å². The van der Waals surface area contributed by atoms with Crippen LogP contribution in [0.5, 0.6) is 11.5 Å². The smallest absolute Gasteiger partial charge is 0.262 e. The molecule has 0 spiro atoms. The van der Waals surface area contributed by atoms with Crippen LogP contribution in [0.2, 0.25) is 0 Å². The van der Waals surface area contributed by atoms with Gasteiger partial charge in [-0.3, -0.25) is 4.79 Å². The van der Waals surface area contributed by atoms with Crippen LogP contribution in [0.3, 0.4) is 0 Å². The number of hydrogen-bond acceptors (Lipinski definition) is 7. The van der Waals surface area contributed by atoms with E-state index in [4.69, 9.17) is 9.47 Å². The average molecular weight is 419 g/mol. The maximum absolute atomic E-state index is 12.1. The molecule has 160 valence electrons. The summed E-state index contributed by atoms with van der Waals surface area (Å²) >= 11 is 0. The van der Waals surface area contributed by atoms with Crippen molar-refractivity contribution in [2.45, 2.75) is 0 Å². The predicted octanol–water partition coefficient (Wildman–Crippen LogP) is 2.83. The number of carbonyl (C=O) groups excluding carboxylic acids is 1. The van der Waals surface area contributed by atoms with Gasteiger partial charge in [0.1, 0.15) is 11.5 Å². The summed E-state index contributed by atoms with van der Waals surface area (Å²) in [4.78, 5) is 25.5. The van der Waals surface area contributed by atoms with E-state index in [2.05, 4.69) is 49.4 Å². The largest absolute Gasteiger partial charge is 0.497 e. The summed E-state index contributed by atoms with van der Waals surface area (Å²) < 4.78 is 10.6. The van der Waals surface area contributed by atoms with Crippen LogP contribution in [-0.2, 0) is 4.79 Å². The van der Waals surface area contributed by atoms with Crippen LogP contribution in [-0.4, -0.2) is 55.8 Å². The summed E-state index contributed by atoms with van der Waals surface area (Å²) in [5.41, 5.74) is 1.77. The van der Waals surface area contributed by atoms with E-state index in [0.717, 1.165) is 31.9 Å². The molecular weight excluding hydrogens is 394 g/mol. The molecule has 4 rings (SSSR count). The first-order valence-electron chi connectivity index (χ1n) is 10.1. The minimum Gasteiger partial charge on any atom is -0.497 e. The molecule has 1 N–H and O–H groups in total. The SMILES string of the molecule is COc1ccc(OCC(=O)Nc2cnc(N3CCN(c4ccccc4)CC3)nc2)cc1. The van der Waals surface area contributed by atoms with Crippen LogP contribution in [0.1, 0.15) is 0 Å². The fourth-order valence-corrected chi connectivity index (χ4v) is 3.37. The number of carbonyl (C=O) groups is 1. The molecule has 1 aromatic heterocycles. The van der Waals surface area contributed by atoms with Crippen molar-refractivity contribution in [2.24, 2.45) is 0 Å². The number of nitrogens with one attached hydrogen (secondary N) is 1. The number of hydrogen-bond donors (Lipinski definition) is 1. The van der Waals surface area contributed by atoms with Gasteiger partial charge in [-0.2, -0.15) is 0 Å². The second-order valence-electron chi connectivity index (χ2n) is 7.09. The lowest BCUT2D eigenvalue weighted by molar-refractivity contribution is -0.118. The number of anilines is 3. The van der Waals surface area contributed by atoms with Gasteiger partial charge in [-0.1, -0.05) is 18.2 Å². The van der Waals surface area contributed by atoms with Crippen LogP contribution in [0.15, 0.2) is 67.0 Å². The Labute approximate surface area is 181 Å². The minimum atomic E-state index is -0.274. The molecule has 0 aliphatic carbocycles. The highest BCUT2D eigenvalue weighted by Crippen LogP contribution is 2.19. The zero-order chi connectivity index (χ0) is 21.5. The Morgan fingerprint density at radius 2 is 1.52 bits per heavy atom. The molecule has 0 saturated carbocycles. The number of methoxy groups -OCH3 is 1. The molecule has 2 heterocycles. The summed E-state index contributed by atoms with van der Waals surface area (Å²) in [6.45, 7) is 3.41. The number of piperazine rings is 1. The predicted molar refractivity (Wildman–Crippen MR) is 120 cm³/mol. The number of aromatic nitrogens is 2. The van der Waals surface area contributed by atoms with Crippen LogP contribution >= 0.6 is 0 Å². The highest BCUT2D eigenvalue weighted by Gasteiger charge is 2.19.